The molecule has 0 aromatic heterocycles. The molecule has 3 aromatic carbocycles. The highest BCUT2D eigenvalue weighted by molar-refractivity contribution is 7.79. The molecule has 28 heavy (non-hydrogen) atoms. The van der Waals surface area contributed by atoms with Crippen LogP contribution >= 0.6 is 15.7 Å². The van der Waals surface area contributed by atoms with Gasteiger partial charge in [-0.3, -0.25) is 0 Å². The maximum atomic E-state index is 8.88. The minimum absolute atomic E-state index is 0.195. The van der Waals surface area contributed by atoms with Crippen molar-refractivity contribution in [3.05, 3.63) is 90.5 Å². The summed E-state index contributed by atoms with van der Waals surface area (Å²) in [5.74, 6) is 0. The van der Waals surface area contributed by atoms with E-state index in [1.165, 1.54) is 21.5 Å². The average Bonchev–Trinajstić information content (AvgIpc) is 2.62. The quantitative estimate of drug-likeness (QED) is 0.568. The van der Waals surface area contributed by atoms with E-state index in [0.717, 1.165) is 0 Å². The number of phosphoric acid groups is 1. The summed E-state index contributed by atoms with van der Waals surface area (Å²) in [6, 6.07) is 30.9. The first kappa shape index (κ1) is 22.5. The summed E-state index contributed by atoms with van der Waals surface area (Å²) >= 11 is 0. The molecule has 0 aliphatic rings. The third-order valence-corrected chi connectivity index (χ3v) is 6.46. The first-order chi connectivity index (χ1) is 13.1. The molecule has 3 N–H and O–H groups in total. The number of hydrogen-bond donors (Lipinski definition) is 3. The first-order valence-corrected chi connectivity index (χ1v) is 11.8. The highest BCUT2D eigenvalue weighted by atomic mass is 31.2. The van der Waals surface area contributed by atoms with Crippen LogP contribution in [0.1, 0.15) is 26.3 Å². The molecule has 0 heterocycles. The van der Waals surface area contributed by atoms with Crippen LogP contribution in [0.15, 0.2) is 84.9 Å². The van der Waals surface area contributed by atoms with Gasteiger partial charge in [0.1, 0.15) is 0 Å². The van der Waals surface area contributed by atoms with Crippen LogP contribution in [0.25, 0.3) is 0 Å². The highest BCUT2D eigenvalue weighted by Crippen LogP contribution is 2.33. The minimum Gasteiger partial charge on any atom is -0.303 e. The predicted molar refractivity (Wildman–Crippen MR) is 118 cm³/mol. The Morgan fingerprint density at radius 3 is 1.29 bits per heavy atom. The second-order valence-corrected chi connectivity index (χ2v) is 10.6. The number of benzene rings is 3. The van der Waals surface area contributed by atoms with Crippen LogP contribution in [-0.2, 0) is 9.98 Å². The number of hydrogen-bond acceptors (Lipinski definition) is 1. The summed E-state index contributed by atoms with van der Waals surface area (Å²) < 4.78 is 8.88. The van der Waals surface area contributed by atoms with Crippen molar-refractivity contribution >= 4 is 31.7 Å². The van der Waals surface area contributed by atoms with Crippen LogP contribution in [0.4, 0.5) is 0 Å². The van der Waals surface area contributed by atoms with Crippen molar-refractivity contribution in [2.24, 2.45) is 0 Å². The average molecular weight is 416 g/mol. The molecule has 6 heteroatoms. The summed E-state index contributed by atoms with van der Waals surface area (Å²) in [4.78, 5) is 21.6. The Hall–Kier alpha value is -1.80. The number of rotatable bonds is 3. The van der Waals surface area contributed by atoms with Gasteiger partial charge < -0.3 is 14.7 Å². The summed E-state index contributed by atoms with van der Waals surface area (Å²) in [6.07, 6.45) is 0. The van der Waals surface area contributed by atoms with Crippen LogP contribution < -0.4 is 15.9 Å². The molecule has 0 aliphatic carbocycles. The van der Waals surface area contributed by atoms with E-state index in [1.54, 1.807) is 0 Å². The van der Waals surface area contributed by atoms with Crippen molar-refractivity contribution in [1.29, 1.82) is 0 Å². The van der Waals surface area contributed by atoms with Gasteiger partial charge in [-0.2, -0.15) is 0 Å². The van der Waals surface area contributed by atoms with Gasteiger partial charge in [0.25, 0.3) is 0 Å². The third kappa shape index (κ3) is 7.31. The van der Waals surface area contributed by atoms with Crippen LogP contribution in [-0.4, -0.2) is 14.7 Å². The molecule has 0 aliphatic heterocycles. The van der Waals surface area contributed by atoms with Crippen molar-refractivity contribution in [1.82, 2.24) is 0 Å². The first-order valence-electron chi connectivity index (χ1n) is 8.85. The maximum absolute atomic E-state index is 8.88. The molecule has 0 fully saturated rings. The van der Waals surface area contributed by atoms with Crippen molar-refractivity contribution in [2.75, 3.05) is 0 Å². The molecule has 4 nitrogen and oxygen atoms in total. The predicted octanol–water partition coefficient (Wildman–Crippen LogP) is 3.81. The van der Waals surface area contributed by atoms with Gasteiger partial charge in [0, 0.05) is 0 Å². The minimum atomic E-state index is -4.64. The maximum Gasteiger partial charge on any atom is 0.466 e. The zero-order valence-electron chi connectivity index (χ0n) is 16.2. The lowest BCUT2D eigenvalue weighted by Gasteiger charge is -2.22. The summed E-state index contributed by atoms with van der Waals surface area (Å²) in [5.41, 5.74) is 1.58. The smallest absolute Gasteiger partial charge is 0.303 e. The van der Waals surface area contributed by atoms with Crippen LogP contribution in [0.3, 0.4) is 0 Å². The van der Waals surface area contributed by atoms with Crippen LogP contribution in [0.5, 0.6) is 0 Å². The fourth-order valence-corrected chi connectivity index (χ4v) is 4.99. The van der Waals surface area contributed by atoms with E-state index < -0.39 is 15.7 Å². The largest absolute Gasteiger partial charge is 0.466 e. The molecule has 148 valence electrons. The molecule has 0 bridgehead atoms. The Morgan fingerprint density at radius 2 is 0.964 bits per heavy atom. The molecule has 0 unspecified atom stereocenters. The highest BCUT2D eigenvalue weighted by Gasteiger charge is 2.18. The lowest BCUT2D eigenvalue weighted by molar-refractivity contribution is 0.275. The van der Waals surface area contributed by atoms with Gasteiger partial charge >= 0.3 is 7.82 Å². The van der Waals surface area contributed by atoms with Crippen LogP contribution in [0.2, 0.25) is 0 Å². The van der Waals surface area contributed by atoms with Crippen molar-refractivity contribution < 1.29 is 19.2 Å². The van der Waals surface area contributed by atoms with E-state index in [4.69, 9.17) is 19.2 Å². The van der Waals surface area contributed by atoms with Crippen molar-refractivity contribution in [2.45, 2.75) is 26.2 Å². The third-order valence-electron chi connectivity index (χ3n) is 4.02. The van der Waals surface area contributed by atoms with E-state index in [9.17, 15) is 0 Å². The molecule has 3 aromatic rings. The Bertz CT molecular complexity index is 851. The molecule has 0 saturated heterocycles. The van der Waals surface area contributed by atoms with Gasteiger partial charge in [0.15, 0.2) is 0 Å². The summed E-state index contributed by atoms with van der Waals surface area (Å²) in [7, 11) is -5.13. The van der Waals surface area contributed by atoms with Crippen LogP contribution in [0, 0.1) is 0 Å². The Balaban J connectivity index is 0.000000500. The van der Waals surface area contributed by atoms with E-state index in [2.05, 4.69) is 106 Å². The van der Waals surface area contributed by atoms with Gasteiger partial charge in [-0.1, -0.05) is 106 Å². The normalized spacial score (nSPS) is 11.7. The van der Waals surface area contributed by atoms with Gasteiger partial charge in [0.2, 0.25) is 0 Å². The summed E-state index contributed by atoms with van der Waals surface area (Å²) in [5, 5.41) is 4.21. The lowest BCUT2D eigenvalue weighted by atomic mass is 9.87. The lowest BCUT2D eigenvalue weighted by Crippen LogP contribution is -2.21. The molecular formula is C22H26O4P2. The monoisotopic (exact) mass is 416 g/mol. The van der Waals surface area contributed by atoms with E-state index in [1.807, 2.05) is 0 Å². The van der Waals surface area contributed by atoms with Crippen molar-refractivity contribution in [3.63, 3.8) is 0 Å². The fourth-order valence-electron chi connectivity index (χ4n) is 2.71. The van der Waals surface area contributed by atoms with E-state index in [0.29, 0.717) is 0 Å². The Kier molecular flexibility index (Phi) is 7.71. The molecule has 3 rings (SSSR count). The van der Waals surface area contributed by atoms with Gasteiger partial charge in [-0.15, -0.1) is 0 Å². The second-order valence-electron chi connectivity index (χ2n) is 7.32. The topological polar surface area (TPSA) is 77.8 Å². The molecule has 0 atom stereocenters. The molecule has 0 spiro atoms. The standard InChI is InChI=1S/C22H23P.H3O4P/c1-22(2,3)18-14-16-21(17-15-18)23(19-10-6-4-7-11-19)20-12-8-5-9-13-20;1-5(2,3)4/h4-17H,1-3H3;(H3,1,2,3,4). The van der Waals surface area contributed by atoms with Gasteiger partial charge in [-0.25, -0.2) is 4.57 Å². The zero-order chi connectivity index (χ0) is 20.8. The fraction of sp³-hybridized carbons (Fsp3) is 0.182. The second kappa shape index (κ2) is 9.60. The molecule has 0 radical (unpaired) electrons. The van der Waals surface area contributed by atoms with Gasteiger partial charge in [0.05, 0.1) is 0 Å². The Labute approximate surface area is 167 Å². The van der Waals surface area contributed by atoms with E-state index in [-0.39, 0.29) is 5.41 Å². The summed E-state index contributed by atoms with van der Waals surface area (Å²) in [6.45, 7) is 6.79. The zero-order valence-corrected chi connectivity index (χ0v) is 18.0. The molecule has 0 amide bonds. The Morgan fingerprint density at radius 1 is 0.643 bits per heavy atom. The van der Waals surface area contributed by atoms with E-state index >= 15 is 0 Å². The molecular weight excluding hydrogens is 390 g/mol. The van der Waals surface area contributed by atoms with Crippen molar-refractivity contribution in [3.8, 4) is 0 Å². The van der Waals surface area contributed by atoms with Gasteiger partial charge in [-0.05, 0) is 34.8 Å². The SMILES string of the molecule is CC(C)(C)c1ccc(P(c2ccccc2)c2ccccc2)cc1.O=P(O)(O)O. The molecule has 0 saturated carbocycles.